The Morgan fingerprint density at radius 3 is 2.08 bits per heavy atom. The van der Waals surface area contributed by atoms with Crippen LogP contribution in [0.3, 0.4) is 0 Å². The Balaban J connectivity index is 2.51. The van der Waals surface area contributed by atoms with Gasteiger partial charge < -0.3 is 0 Å². The van der Waals surface area contributed by atoms with Crippen molar-refractivity contribution in [2.24, 2.45) is 5.41 Å². The lowest BCUT2D eigenvalue weighted by molar-refractivity contribution is 0.378. The standard InChI is InChI=1S/C12H19P/c1-12(2,3)9-8-10-4-6-11(13)7-5-10/h4-7H,8-9,13H2,1-3H3. The lowest BCUT2D eigenvalue weighted by atomic mass is 9.89. The first-order valence-corrected chi connectivity index (χ1v) is 5.39. The maximum absolute atomic E-state index is 2.71. The van der Waals surface area contributed by atoms with E-state index < -0.39 is 0 Å². The van der Waals surface area contributed by atoms with Gasteiger partial charge in [0.15, 0.2) is 0 Å². The van der Waals surface area contributed by atoms with Gasteiger partial charge in [-0.15, -0.1) is 9.24 Å². The minimum Gasteiger partial charge on any atom is -0.106 e. The summed E-state index contributed by atoms with van der Waals surface area (Å²) in [6, 6.07) is 8.74. The van der Waals surface area contributed by atoms with Crippen molar-refractivity contribution < 1.29 is 0 Å². The van der Waals surface area contributed by atoms with Gasteiger partial charge >= 0.3 is 0 Å². The number of aryl methyl sites for hydroxylation is 1. The molecule has 0 N–H and O–H groups in total. The van der Waals surface area contributed by atoms with Gasteiger partial charge in [0, 0.05) is 0 Å². The summed E-state index contributed by atoms with van der Waals surface area (Å²) >= 11 is 0. The molecule has 0 saturated carbocycles. The molecule has 1 rings (SSSR count). The van der Waals surface area contributed by atoms with Gasteiger partial charge in [-0.3, -0.25) is 0 Å². The Morgan fingerprint density at radius 2 is 1.62 bits per heavy atom. The zero-order valence-electron chi connectivity index (χ0n) is 8.80. The number of rotatable bonds is 2. The molecule has 0 radical (unpaired) electrons. The molecule has 0 heterocycles. The number of benzene rings is 1. The third kappa shape index (κ3) is 4.43. The summed E-state index contributed by atoms with van der Waals surface area (Å²) in [6.45, 7) is 6.87. The van der Waals surface area contributed by atoms with E-state index >= 15 is 0 Å². The van der Waals surface area contributed by atoms with Gasteiger partial charge in [-0.05, 0) is 29.1 Å². The number of hydrogen-bond acceptors (Lipinski definition) is 0. The molecule has 1 atom stereocenters. The van der Waals surface area contributed by atoms with Crippen LogP contribution in [0, 0.1) is 5.41 Å². The van der Waals surface area contributed by atoms with E-state index in [1.807, 2.05) is 0 Å². The van der Waals surface area contributed by atoms with E-state index in [0.717, 1.165) is 0 Å². The summed E-state index contributed by atoms with van der Waals surface area (Å²) in [5.74, 6) is 0. The minimum absolute atomic E-state index is 0.444. The van der Waals surface area contributed by atoms with Crippen LogP contribution in [0.5, 0.6) is 0 Å². The zero-order valence-corrected chi connectivity index (χ0v) is 9.96. The van der Waals surface area contributed by atoms with Crippen molar-refractivity contribution in [3.63, 3.8) is 0 Å². The van der Waals surface area contributed by atoms with E-state index in [0.29, 0.717) is 5.41 Å². The minimum atomic E-state index is 0.444. The Kier molecular flexibility index (Phi) is 3.50. The third-order valence-electron chi connectivity index (χ3n) is 2.14. The highest BCUT2D eigenvalue weighted by Crippen LogP contribution is 2.21. The molecular formula is C12H19P. The second-order valence-electron chi connectivity index (χ2n) is 4.80. The molecule has 1 aromatic rings. The fourth-order valence-corrected chi connectivity index (χ4v) is 1.40. The molecular weight excluding hydrogens is 175 g/mol. The normalized spacial score (nSPS) is 11.7. The monoisotopic (exact) mass is 194 g/mol. The molecule has 0 fully saturated rings. The van der Waals surface area contributed by atoms with Crippen LogP contribution < -0.4 is 5.30 Å². The van der Waals surface area contributed by atoms with Gasteiger partial charge in [0.25, 0.3) is 0 Å². The van der Waals surface area contributed by atoms with E-state index in [4.69, 9.17) is 0 Å². The molecule has 0 aliphatic rings. The van der Waals surface area contributed by atoms with E-state index in [1.165, 1.54) is 23.7 Å². The molecule has 1 aromatic carbocycles. The van der Waals surface area contributed by atoms with Gasteiger partial charge in [-0.25, -0.2) is 0 Å². The fourth-order valence-electron chi connectivity index (χ4n) is 1.20. The second kappa shape index (κ2) is 4.24. The summed E-state index contributed by atoms with van der Waals surface area (Å²) in [5, 5.41) is 1.26. The van der Waals surface area contributed by atoms with Crippen LogP contribution in [0.4, 0.5) is 0 Å². The van der Waals surface area contributed by atoms with E-state index in [-0.39, 0.29) is 0 Å². The smallest absolute Gasteiger partial charge is 0.0274 e. The molecule has 0 bridgehead atoms. The van der Waals surface area contributed by atoms with Crippen LogP contribution in [0.2, 0.25) is 0 Å². The number of hydrogen-bond donors (Lipinski definition) is 0. The first kappa shape index (κ1) is 10.7. The topological polar surface area (TPSA) is 0 Å². The van der Waals surface area contributed by atoms with Crippen LogP contribution in [-0.4, -0.2) is 0 Å². The van der Waals surface area contributed by atoms with Crippen LogP contribution in [0.25, 0.3) is 0 Å². The Labute approximate surface area is 84.0 Å². The summed E-state index contributed by atoms with van der Waals surface area (Å²) in [5.41, 5.74) is 1.89. The summed E-state index contributed by atoms with van der Waals surface area (Å²) in [6.07, 6.45) is 2.44. The molecule has 13 heavy (non-hydrogen) atoms. The van der Waals surface area contributed by atoms with E-state index in [9.17, 15) is 0 Å². The van der Waals surface area contributed by atoms with Gasteiger partial charge in [-0.1, -0.05) is 45.0 Å². The quantitative estimate of drug-likeness (QED) is 0.634. The van der Waals surface area contributed by atoms with Crippen molar-refractivity contribution in [1.29, 1.82) is 0 Å². The van der Waals surface area contributed by atoms with Crippen LogP contribution in [0.1, 0.15) is 32.8 Å². The molecule has 0 saturated heterocycles. The first-order valence-electron chi connectivity index (χ1n) is 4.82. The van der Waals surface area contributed by atoms with E-state index in [2.05, 4.69) is 54.3 Å². The maximum Gasteiger partial charge on any atom is -0.0274 e. The lowest BCUT2D eigenvalue weighted by Crippen LogP contribution is -2.06. The van der Waals surface area contributed by atoms with Crippen molar-refractivity contribution in [2.75, 3.05) is 0 Å². The second-order valence-corrected chi connectivity index (χ2v) is 5.47. The molecule has 0 amide bonds. The highest BCUT2D eigenvalue weighted by molar-refractivity contribution is 7.27. The fraction of sp³-hybridized carbons (Fsp3) is 0.500. The highest BCUT2D eigenvalue weighted by atomic mass is 31.0. The molecule has 0 aromatic heterocycles. The van der Waals surface area contributed by atoms with Crippen molar-refractivity contribution in [1.82, 2.24) is 0 Å². The molecule has 0 aliphatic heterocycles. The van der Waals surface area contributed by atoms with Gasteiger partial charge in [0.1, 0.15) is 0 Å². The third-order valence-corrected chi connectivity index (χ3v) is 2.53. The molecule has 0 spiro atoms. The van der Waals surface area contributed by atoms with Gasteiger partial charge in [0.05, 0.1) is 0 Å². The van der Waals surface area contributed by atoms with Crippen molar-refractivity contribution >= 4 is 14.5 Å². The van der Waals surface area contributed by atoms with Crippen LogP contribution >= 0.6 is 9.24 Å². The molecule has 0 aliphatic carbocycles. The summed E-state index contributed by atoms with van der Waals surface area (Å²) in [7, 11) is 2.71. The molecule has 1 heteroatoms. The Hall–Kier alpha value is -0.350. The lowest BCUT2D eigenvalue weighted by Gasteiger charge is -2.17. The van der Waals surface area contributed by atoms with Crippen LogP contribution in [-0.2, 0) is 6.42 Å². The summed E-state index contributed by atoms with van der Waals surface area (Å²) in [4.78, 5) is 0. The van der Waals surface area contributed by atoms with Crippen molar-refractivity contribution in [3.05, 3.63) is 29.8 Å². The average Bonchev–Trinajstić information content (AvgIpc) is 2.02. The Bertz CT molecular complexity index is 253. The average molecular weight is 194 g/mol. The summed E-state index contributed by atoms with van der Waals surface area (Å²) < 4.78 is 0. The van der Waals surface area contributed by atoms with E-state index in [1.54, 1.807) is 0 Å². The molecule has 1 unspecified atom stereocenters. The highest BCUT2D eigenvalue weighted by Gasteiger charge is 2.09. The molecule has 0 nitrogen and oxygen atoms in total. The van der Waals surface area contributed by atoms with Gasteiger partial charge in [-0.2, -0.15) is 0 Å². The Morgan fingerprint density at radius 1 is 1.08 bits per heavy atom. The maximum atomic E-state index is 2.71. The van der Waals surface area contributed by atoms with Crippen LogP contribution in [0.15, 0.2) is 24.3 Å². The van der Waals surface area contributed by atoms with Crippen molar-refractivity contribution in [3.8, 4) is 0 Å². The first-order chi connectivity index (χ1) is 5.97. The largest absolute Gasteiger partial charge is 0.106 e. The predicted molar refractivity (Wildman–Crippen MR) is 63.6 cm³/mol. The predicted octanol–water partition coefficient (Wildman–Crippen LogP) is 3.17. The molecule has 72 valence electrons. The SMILES string of the molecule is CC(C)(C)CCc1ccc(P)cc1. The van der Waals surface area contributed by atoms with Crippen molar-refractivity contribution in [2.45, 2.75) is 33.6 Å². The zero-order chi connectivity index (χ0) is 9.90. The van der Waals surface area contributed by atoms with Gasteiger partial charge in [0.2, 0.25) is 0 Å².